The molecule has 0 amide bonds. The summed E-state index contributed by atoms with van der Waals surface area (Å²) in [6.45, 7) is 5.36. The van der Waals surface area contributed by atoms with Crippen molar-refractivity contribution in [2.45, 2.75) is 33.2 Å². The molecule has 2 atom stereocenters. The van der Waals surface area contributed by atoms with Crippen molar-refractivity contribution in [3.05, 3.63) is 11.3 Å². The lowest BCUT2D eigenvalue weighted by Gasteiger charge is -2.16. The van der Waals surface area contributed by atoms with Gasteiger partial charge in [0, 0.05) is 23.2 Å². The minimum absolute atomic E-state index is 0.0262. The van der Waals surface area contributed by atoms with Crippen molar-refractivity contribution in [2.75, 3.05) is 7.11 Å². The van der Waals surface area contributed by atoms with Gasteiger partial charge in [-0.1, -0.05) is 0 Å². The Morgan fingerprint density at radius 2 is 2.07 bits per heavy atom. The van der Waals surface area contributed by atoms with Gasteiger partial charge in [0.15, 0.2) is 5.78 Å². The van der Waals surface area contributed by atoms with Crippen molar-refractivity contribution in [1.82, 2.24) is 5.32 Å². The third-order valence-electron chi connectivity index (χ3n) is 2.82. The molecule has 4 nitrogen and oxygen atoms in total. The lowest BCUT2D eigenvalue weighted by molar-refractivity contribution is -0.141. The third-order valence-corrected chi connectivity index (χ3v) is 2.82. The number of ketones is 1. The van der Waals surface area contributed by atoms with Crippen LogP contribution in [0.4, 0.5) is 0 Å². The van der Waals surface area contributed by atoms with E-state index in [-0.39, 0.29) is 30.1 Å². The first-order valence-electron chi connectivity index (χ1n) is 5.02. The Labute approximate surface area is 89.7 Å². The molecule has 0 spiro atoms. The van der Waals surface area contributed by atoms with Crippen LogP contribution in [0.3, 0.4) is 0 Å². The Morgan fingerprint density at radius 1 is 1.47 bits per heavy atom. The highest BCUT2D eigenvalue weighted by Gasteiger charge is 2.33. The van der Waals surface area contributed by atoms with Crippen LogP contribution in [0, 0.1) is 5.92 Å². The number of Topliss-reactive ketones (excluding diaryl/α,β-unsaturated/α-hetero) is 1. The van der Waals surface area contributed by atoms with Crippen LogP contribution >= 0.6 is 0 Å². The highest BCUT2D eigenvalue weighted by Crippen LogP contribution is 2.29. The number of nitrogens with one attached hydrogen (secondary N) is 1. The monoisotopic (exact) mass is 211 g/mol. The summed E-state index contributed by atoms with van der Waals surface area (Å²) < 4.78 is 4.62. The lowest BCUT2D eigenvalue weighted by Crippen LogP contribution is -2.27. The van der Waals surface area contributed by atoms with Gasteiger partial charge < -0.3 is 10.1 Å². The summed E-state index contributed by atoms with van der Waals surface area (Å²) in [6.07, 6.45) is 0.261. The van der Waals surface area contributed by atoms with Crippen LogP contribution in [0.25, 0.3) is 0 Å². The smallest absolute Gasteiger partial charge is 0.306 e. The molecule has 0 fully saturated rings. The quantitative estimate of drug-likeness (QED) is 0.708. The van der Waals surface area contributed by atoms with E-state index >= 15 is 0 Å². The Balaban J connectivity index is 2.86. The van der Waals surface area contributed by atoms with Gasteiger partial charge in [-0.25, -0.2) is 0 Å². The Morgan fingerprint density at radius 3 is 2.53 bits per heavy atom. The van der Waals surface area contributed by atoms with E-state index in [4.69, 9.17) is 0 Å². The number of allylic oxidation sites excluding steroid dienone is 1. The maximum absolute atomic E-state index is 11.4. The standard InChI is InChI=1S/C11H17NO3/c1-6-9(5-10(14)15-4)11(8(3)13)7(2)12-6/h6,9,12H,5H2,1-4H3. The van der Waals surface area contributed by atoms with Crippen LogP contribution in [-0.4, -0.2) is 24.9 Å². The van der Waals surface area contributed by atoms with Gasteiger partial charge in [-0.3, -0.25) is 9.59 Å². The Kier molecular flexibility index (Phi) is 3.50. The van der Waals surface area contributed by atoms with Crippen LogP contribution in [0.2, 0.25) is 0 Å². The fourth-order valence-electron chi connectivity index (χ4n) is 2.11. The molecule has 1 aliphatic rings. The minimum Gasteiger partial charge on any atom is -0.469 e. The molecule has 4 heteroatoms. The molecule has 15 heavy (non-hydrogen) atoms. The number of hydrogen-bond acceptors (Lipinski definition) is 4. The van der Waals surface area contributed by atoms with E-state index in [0.717, 1.165) is 11.3 Å². The molecule has 1 heterocycles. The second kappa shape index (κ2) is 4.47. The SMILES string of the molecule is COC(=O)CC1C(C(C)=O)=C(C)NC1C. The zero-order valence-electron chi connectivity index (χ0n) is 9.59. The number of carbonyl (C=O) groups is 2. The van der Waals surface area contributed by atoms with Gasteiger partial charge in [-0.15, -0.1) is 0 Å². The average molecular weight is 211 g/mol. The average Bonchev–Trinajstić information content (AvgIpc) is 2.41. The Hall–Kier alpha value is -1.32. The van der Waals surface area contributed by atoms with E-state index in [2.05, 4.69) is 10.1 Å². The van der Waals surface area contributed by atoms with Crippen molar-refractivity contribution >= 4 is 11.8 Å². The molecule has 1 rings (SSSR count). The first kappa shape index (κ1) is 11.8. The van der Waals surface area contributed by atoms with E-state index in [9.17, 15) is 9.59 Å². The van der Waals surface area contributed by atoms with Gasteiger partial charge in [0.05, 0.1) is 13.5 Å². The fourth-order valence-corrected chi connectivity index (χ4v) is 2.11. The second-order valence-corrected chi connectivity index (χ2v) is 3.91. The van der Waals surface area contributed by atoms with Gasteiger partial charge in [0.2, 0.25) is 0 Å². The second-order valence-electron chi connectivity index (χ2n) is 3.91. The highest BCUT2D eigenvalue weighted by atomic mass is 16.5. The van der Waals surface area contributed by atoms with E-state index in [0.29, 0.717) is 0 Å². The summed E-state index contributed by atoms with van der Waals surface area (Å²) in [5.74, 6) is -0.310. The lowest BCUT2D eigenvalue weighted by atomic mass is 9.90. The molecule has 0 aliphatic carbocycles. The van der Waals surface area contributed by atoms with Gasteiger partial charge in [-0.05, 0) is 20.8 Å². The number of methoxy groups -OCH3 is 1. The minimum atomic E-state index is -0.276. The summed E-state index contributed by atoms with van der Waals surface area (Å²) in [6, 6.07) is 0.114. The summed E-state index contributed by atoms with van der Waals surface area (Å²) in [7, 11) is 1.36. The molecular weight excluding hydrogens is 194 g/mol. The van der Waals surface area contributed by atoms with Crippen LogP contribution in [0.5, 0.6) is 0 Å². The molecule has 0 saturated carbocycles. The fraction of sp³-hybridized carbons (Fsp3) is 0.636. The van der Waals surface area contributed by atoms with Crippen LogP contribution in [0.1, 0.15) is 27.2 Å². The topological polar surface area (TPSA) is 55.4 Å². The molecule has 2 unspecified atom stereocenters. The molecule has 0 aromatic rings. The number of ether oxygens (including phenoxy) is 1. The molecule has 0 radical (unpaired) electrons. The summed E-state index contributed by atoms with van der Waals surface area (Å²) in [5, 5.41) is 3.18. The number of rotatable bonds is 3. The van der Waals surface area contributed by atoms with Crippen LogP contribution < -0.4 is 5.32 Å². The van der Waals surface area contributed by atoms with Crippen LogP contribution in [-0.2, 0) is 14.3 Å². The number of hydrogen-bond donors (Lipinski definition) is 1. The van der Waals surface area contributed by atoms with Crippen molar-refractivity contribution in [1.29, 1.82) is 0 Å². The normalized spacial score (nSPS) is 25.1. The molecule has 84 valence electrons. The summed E-state index contributed by atoms with van der Waals surface area (Å²) in [5.41, 5.74) is 1.61. The number of carbonyl (C=O) groups excluding carboxylic acids is 2. The van der Waals surface area contributed by atoms with Gasteiger partial charge in [0.25, 0.3) is 0 Å². The van der Waals surface area contributed by atoms with E-state index < -0.39 is 0 Å². The summed E-state index contributed by atoms with van der Waals surface area (Å²) >= 11 is 0. The molecule has 0 aromatic heterocycles. The molecule has 0 aromatic carbocycles. The zero-order valence-corrected chi connectivity index (χ0v) is 9.59. The predicted octanol–water partition coefficient (Wildman–Crippen LogP) is 1.02. The first-order valence-corrected chi connectivity index (χ1v) is 5.02. The predicted molar refractivity (Wildman–Crippen MR) is 56.1 cm³/mol. The molecule has 0 saturated heterocycles. The van der Waals surface area contributed by atoms with Crippen molar-refractivity contribution in [3.63, 3.8) is 0 Å². The van der Waals surface area contributed by atoms with Crippen LogP contribution in [0.15, 0.2) is 11.3 Å². The molecule has 1 N–H and O–H groups in total. The summed E-state index contributed by atoms with van der Waals surface area (Å²) in [4.78, 5) is 22.6. The molecule has 1 aliphatic heterocycles. The molecular formula is C11H17NO3. The largest absolute Gasteiger partial charge is 0.469 e. The maximum atomic E-state index is 11.4. The van der Waals surface area contributed by atoms with E-state index in [1.54, 1.807) is 0 Å². The molecule has 0 bridgehead atoms. The number of esters is 1. The maximum Gasteiger partial charge on any atom is 0.306 e. The van der Waals surface area contributed by atoms with E-state index in [1.165, 1.54) is 14.0 Å². The van der Waals surface area contributed by atoms with E-state index in [1.807, 2.05) is 13.8 Å². The van der Waals surface area contributed by atoms with Gasteiger partial charge >= 0.3 is 5.97 Å². The first-order chi connectivity index (χ1) is 6.97. The van der Waals surface area contributed by atoms with Gasteiger partial charge in [-0.2, -0.15) is 0 Å². The van der Waals surface area contributed by atoms with Crippen molar-refractivity contribution in [3.8, 4) is 0 Å². The van der Waals surface area contributed by atoms with Crippen molar-refractivity contribution < 1.29 is 14.3 Å². The zero-order chi connectivity index (χ0) is 11.6. The van der Waals surface area contributed by atoms with Crippen molar-refractivity contribution in [2.24, 2.45) is 5.92 Å². The highest BCUT2D eigenvalue weighted by molar-refractivity contribution is 5.95. The van der Waals surface area contributed by atoms with Gasteiger partial charge in [0.1, 0.15) is 0 Å². The Bertz CT molecular complexity index is 320. The third kappa shape index (κ3) is 2.37.